The number of hydrogen-bond acceptors (Lipinski definition) is 5. The van der Waals surface area contributed by atoms with Crippen LogP contribution in [-0.4, -0.2) is 26.5 Å². The first-order chi connectivity index (χ1) is 12.2. The summed E-state index contributed by atoms with van der Waals surface area (Å²) in [7, 11) is -8.48. The Morgan fingerprint density at radius 3 is 1.85 bits per heavy atom. The second kappa shape index (κ2) is 6.56. The van der Waals surface area contributed by atoms with Crippen molar-refractivity contribution in [1.29, 1.82) is 0 Å². The molecule has 26 heavy (non-hydrogen) atoms. The highest BCUT2D eigenvalue weighted by Gasteiger charge is 2.23. The van der Waals surface area contributed by atoms with Gasteiger partial charge in [0.1, 0.15) is 10.6 Å². The monoisotopic (exact) mass is 390 g/mol. The normalized spacial score (nSPS) is 12.0. The smallest absolute Gasteiger partial charge is 0.295 e. The molecule has 3 aromatic rings. The molecular formula is C18H14O6S2. The van der Waals surface area contributed by atoms with Crippen molar-refractivity contribution in [2.45, 2.75) is 14.7 Å². The van der Waals surface area contributed by atoms with Crippen molar-refractivity contribution in [1.82, 2.24) is 0 Å². The van der Waals surface area contributed by atoms with E-state index in [-0.39, 0.29) is 26.0 Å². The van der Waals surface area contributed by atoms with Gasteiger partial charge in [0.2, 0.25) is 9.84 Å². The topological polar surface area (TPSA) is 109 Å². The molecule has 0 amide bonds. The molecule has 0 heterocycles. The number of hydrogen-bond donors (Lipinski definition) is 2. The van der Waals surface area contributed by atoms with Crippen LogP contribution in [0.5, 0.6) is 5.75 Å². The lowest BCUT2D eigenvalue weighted by Gasteiger charge is -2.11. The summed E-state index contributed by atoms with van der Waals surface area (Å²) in [4.78, 5) is -0.559. The van der Waals surface area contributed by atoms with Gasteiger partial charge >= 0.3 is 0 Å². The molecule has 0 aliphatic carbocycles. The first kappa shape index (κ1) is 18.1. The molecule has 3 aromatic carbocycles. The molecule has 8 heteroatoms. The molecule has 0 saturated heterocycles. The Labute approximate surface area is 151 Å². The summed E-state index contributed by atoms with van der Waals surface area (Å²) in [6, 6.07) is 16.7. The van der Waals surface area contributed by atoms with Gasteiger partial charge in [0.15, 0.2) is 0 Å². The van der Waals surface area contributed by atoms with Crippen molar-refractivity contribution in [2.24, 2.45) is 0 Å². The molecule has 0 radical (unpaired) electrons. The van der Waals surface area contributed by atoms with E-state index in [0.717, 1.165) is 12.1 Å². The minimum absolute atomic E-state index is 0.0473. The molecule has 2 N–H and O–H groups in total. The van der Waals surface area contributed by atoms with E-state index in [9.17, 15) is 26.5 Å². The van der Waals surface area contributed by atoms with Crippen LogP contribution >= 0.6 is 0 Å². The first-order valence-corrected chi connectivity index (χ1v) is 10.3. The van der Waals surface area contributed by atoms with Crippen molar-refractivity contribution in [2.75, 3.05) is 0 Å². The molecule has 0 aromatic heterocycles. The molecule has 0 spiro atoms. The second-order valence-corrected chi connectivity index (χ2v) is 8.84. The number of rotatable bonds is 4. The van der Waals surface area contributed by atoms with Gasteiger partial charge in [0.05, 0.1) is 9.79 Å². The third-order valence-electron chi connectivity index (χ3n) is 3.77. The van der Waals surface area contributed by atoms with E-state index in [2.05, 4.69) is 0 Å². The largest absolute Gasteiger partial charge is 0.508 e. The third kappa shape index (κ3) is 3.48. The molecule has 134 valence electrons. The Kier molecular flexibility index (Phi) is 4.57. The molecule has 6 nitrogen and oxygen atoms in total. The number of benzene rings is 3. The molecular weight excluding hydrogens is 376 g/mol. The Hall–Kier alpha value is -2.68. The van der Waals surface area contributed by atoms with Gasteiger partial charge in [-0.15, -0.1) is 0 Å². The predicted octanol–water partition coefficient (Wildman–Crippen LogP) is 3.14. The molecule has 0 unspecified atom stereocenters. The summed E-state index contributed by atoms with van der Waals surface area (Å²) in [6.07, 6.45) is 0. The molecule has 0 aliphatic rings. The van der Waals surface area contributed by atoms with E-state index in [1.165, 1.54) is 30.3 Å². The average Bonchev–Trinajstić information content (AvgIpc) is 2.61. The lowest BCUT2D eigenvalue weighted by Crippen LogP contribution is -2.05. The van der Waals surface area contributed by atoms with Crippen molar-refractivity contribution >= 4 is 20.0 Å². The highest BCUT2D eigenvalue weighted by Crippen LogP contribution is 2.32. The second-order valence-electron chi connectivity index (χ2n) is 5.50. The van der Waals surface area contributed by atoms with Gasteiger partial charge in [-0.05, 0) is 48.0 Å². The zero-order valence-electron chi connectivity index (χ0n) is 13.3. The zero-order valence-corrected chi connectivity index (χ0v) is 14.9. The Morgan fingerprint density at radius 1 is 0.692 bits per heavy atom. The summed E-state index contributed by atoms with van der Waals surface area (Å²) in [6.45, 7) is 0. The van der Waals surface area contributed by atoms with Crippen LogP contribution in [0.4, 0.5) is 0 Å². The minimum Gasteiger partial charge on any atom is -0.508 e. The fraction of sp³-hybridized carbons (Fsp3) is 0. The van der Waals surface area contributed by atoms with Gasteiger partial charge < -0.3 is 5.11 Å². The number of phenols is 1. The lowest BCUT2D eigenvalue weighted by atomic mass is 10.1. The summed E-state index contributed by atoms with van der Waals surface area (Å²) < 4.78 is 58.4. The van der Waals surface area contributed by atoms with Crippen molar-refractivity contribution in [3.8, 4) is 16.9 Å². The Bertz CT molecular complexity index is 1150. The van der Waals surface area contributed by atoms with Crippen molar-refractivity contribution < 1.29 is 26.5 Å². The minimum atomic E-state index is -4.54. The van der Waals surface area contributed by atoms with Crippen molar-refractivity contribution in [3.05, 3.63) is 72.8 Å². The van der Waals surface area contributed by atoms with E-state index in [1.54, 1.807) is 30.3 Å². The first-order valence-electron chi connectivity index (χ1n) is 7.41. The van der Waals surface area contributed by atoms with Gasteiger partial charge in [-0.25, -0.2) is 8.42 Å². The van der Waals surface area contributed by atoms with Gasteiger partial charge in [-0.2, -0.15) is 8.42 Å². The molecule has 0 saturated carbocycles. The van der Waals surface area contributed by atoms with Crippen LogP contribution in [0.1, 0.15) is 0 Å². The lowest BCUT2D eigenvalue weighted by molar-refractivity contribution is 0.474. The van der Waals surface area contributed by atoms with E-state index >= 15 is 0 Å². The van der Waals surface area contributed by atoms with Crippen LogP contribution in [0.2, 0.25) is 0 Å². The fourth-order valence-corrected chi connectivity index (χ4v) is 4.49. The predicted molar refractivity (Wildman–Crippen MR) is 95.3 cm³/mol. The third-order valence-corrected chi connectivity index (χ3v) is 6.45. The van der Waals surface area contributed by atoms with Gasteiger partial charge in [-0.3, -0.25) is 4.55 Å². The molecule has 3 rings (SSSR count). The van der Waals surface area contributed by atoms with Crippen LogP contribution in [0.25, 0.3) is 11.1 Å². The van der Waals surface area contributed by atoms with Gasteiger partial charge in [-0.1, -0.05) is 30.3 Å². The van der Waals surface area contributed by atoms with Gasteiger partial charge in [0.25, 0.3) is 10.1 Å². The van der Waals surface area contributed by atoms with E-state index in [0.29, 0.717) is 5.56 Å². The Morgan fingerprint density at radius 2 is 1.27 bits per heavy atom. The summed E-state index contributed by atoms with van der Waals surface area (Å²) in [5, 5.41) is 9.32. The van der Waals surface area contributed by atoms with Crippen LogP contribution in [0.3, 0.4) is 0 Å². The number of aromatic hydroxyl groups is 1. The maximum atomic E-state index is 12.8. The molecule has 0 atom stereocenters. The SMILES string of the molecule is O=S(=O)(O)c1ccc(S(=O)(=O)c2ccc(O)cc2)cc1-c1ccccc1. The standard InChI is InChI=1S/C18H14O6S2/c19-14-6-8-15(9-7-14)25(20,21)16-10-11-18(26(22,23)24)17(12-16)13-4-2-1-3-5-13/h1-12,19H,(H,22,23,24). The summed E-state index contributed by atoms with van der Waals surface area (Å²) >= 11 is 0. The van der Waals surface area contributed by atoms with E-state index in [4.69, 9.17) is 0 Å². The summed E-state index contributed by atoms with van der Waals surface area (Å²) in [5.41, 5.74) is 0.524. The molecule has 0 fully saturated rings. The highest BCUT2D eigenvalue weighted by atomic mass is 32.2. The van der Waals surface area contributed by atoms with Crippen LogP contribution in [-0.2, 0) is 20.0 Å². The van der Waals surface area contributed by atoms with E-state index in [1.807, 2.05) is 0 Å². The summed E-state index contributed by atoms with van der Waals surface area (Å²) in [5.74, 6) is -0.0735. The number of phenolic OH excluding ortho intramolecular Hbond substituents is 1. The highest BCUT2D eigenvalue weighted by molar-refractivity contribution is 7.91. The maximum Gasteiger partial charge on any atom is 0.295 e. The molecule has 0 bridgehead atoms. The maximum absolute atomic E-state index is 12.8. The van der Waals surface area contributed by atoms with Crippen LogP contribution in [0, 0.1) is 0 Å². The van der Waals surface area contributed by atoms with Crippen LogP contribution < -0.4 is 0 Å². The Balaban J connectivity index is 2.23. The van der Waals surface area contributed by atoms with Crippen molar-refractivity contribution in [3.63, 3.8) is 0 Å². The van der Waals surface area contributed by atoms with Gasteiger partial charge in [0, 0.05) is 5.56 Å². The fourth-order valence-electron chi connectivity index (χ4n) is 2.51. The number of sulfone groups is 1. The van der Waals surface area contributed by atoms with E-state index < -0.39 is 20.0 Å². The molecule has 0 aliphatic heterocycles. The zero-order chi connectivity index (χ0) is 18.9. The average molecular weight is 390 g/mol. The van der Waals surface area contributed by atoms with Crippen LogP contribution in [0.15, 0.2) is 87.5 Å². The quantitative estimate of drug-likeness (QED) is 0.663.